The molecule has 16 heavy (non-hydrogen) atoms. The van der Waals surface area contributed by atoms with Gasteiger partial charge in [-0.1, -0.05) is 28.9 Å². The van der Waals surface area contributed by atoms with Gasteiger partial charge in [0.1, 0.15) is 6.10 Å². The number of aliphatic hydroxyl groups excluding tert-OH is 2. The van der Waals surface area contributed by atoms with E-state index in [1.807, 2.05) is 12.1 Å². The first-order valence-electron chi connectivity index (χ1n) is 4.97. The molecule has 0 saturated heterocycles. The van der Waals surface area contributed by atoms with Gasteiger partial charge in [0.25, 0.3) is 0 Å². The van der Waals surface area contributed by atoms with Gasteiger partial charge in [0.15, 0.2) is 6.10 Å². The molecule has 1 aromatic carbocycles. The van der Waals surface area contributed by atoms with Gasteiger partial charge in [-0.15, -0.1) is 0 Å². The fourth-order valence-corrected chi connectivity index (χ4v) is 1.68. The molecule has 0 bridgehead atoms. The summed E-state index contributed by atoms with van der Waals surface area (Å²) in [6, 6.07) is 7.27. The highest BCUT2D eigenvalue weighted by atomic mass is 35.5. The van der Waals surface area contributed by atoms with Gasteiger partial charge in [-0.05, 0) is 17.7 Å². The van der Waals surface area contributed by atoms with Gasteiger partial charge >= 0.3 is 0 Å². The van der Waals surface area contributed by atoms with E-state index in [-0.39, 0.29) is 12.7 Å². The van der Waals surface area contributed by atoms with Crippen LogP contribution in [0.15, 0.2) is 29.4 Å². The second-order valence-electron chi connectivity index (χ2n) is 3.63. The monoisotopic (exact) mass is 241 g/mol. The van der Waals surface area contributed by atoms with E-state index in [1.165, 1.54) is 0 Å². The molecule has 0 spiro atoms. The molecule has 0 fully saturated rings. The van der Waals surface area contributed by atoms with Crippen molar-refractivity contribution in [3.63, 3.8) is 0 Å². The zero-order valence-corrected chi connectivity index (χ0v) is 9.26. The highest BCUT2D eigenvalue weighted by Crippen LogP contribution is 2.28. The minimum Gasteiger partial charge on any atom is -0.393 e. The maximum atomic E-state index is 9.38. The lowest BCUT2D eigenvalue weighted by molar-refractivity contribution is 0.0853. The SMILES string of the molecule is OC[C@@H](O)C1=NO[C@H](c2ccc(Cl)cc2)C1. The summed E-state index contributed by atoms with van der Waals surface area (Å²) in [5.74, 6) is 0. The van der Waals surface area contributed by atoms with E-state index < -0.39 is 6.10 Å². The molecule has 0 radical (unpaired) electrons. The number of halogens is 1. The van der Waals surface area contributed by atoms with Crippen LogP contribution in [0.25, 0.3) is 0 Å². The van der Waals surface area contributed by atoms with E-state index in [2.05, 4.69) is 5.16 Å². The third-order valence-corrected chi connectivity index (χ3v) is 2.74. The number of nitrogens with zero attached hydrogens (tertiary/aromatic N) is 1. The maximum Gasteiger partial charge on any atom is 0.158 e. The molecule has 0 unspecified atom stereocenters. The zero-order valence-electron chi connectivity index (χ0n) is 8.51. The second kappa shape index (κ2) is 4.82. The van der Waals surface area contributed by atoms with Gasteiger partial charge in [-0.25, -0.2) is 0 Å². The van der Waals surface area contributed by atoms with Crippen LogP contribution >= 0.6 is 11.6 Å². The Bertz CT molecular complexity index is 391. The second-order valence-corrected chi connectivity index (χ2v) is 4.07. The Hall–Kier alpha value is -1.10. The first-order valence-corrected chi connectivity index (χ1v) is 5.35. The van der Waals surface area contributed by atoms with E-state index in [0.717, 1.165) is 5.56 Å². The number of hydrogen-bond acceptors (Lipinski definition) is 4. The molecule has 4 nitrogen and oxygen atoms in total. The van der Waals surface area contributed by atoms with Crippen LogP contribution in [0.2, 0.25) is 5.02 Å². The fourth-order valence-electron chi connectivity index (χ4n) is 1.55. The van der Waals surface area contributed by atoms with Gasteiger partial charge in [-0.3, -0.25) is 0 Å². The third-order valence-electron chi connectivity index (χ3n) is 2.49. The Morgan fingerprint density at radius 1 is 1.44 bits per heavy atom. The van der Waals surface area contributed by atoms with Gasteiger partial charge in [0.05, 0.1) is 12.3 Å². The minimum atomic E-state index is -0.933. The van der Waals surface area contributed by atoms with Crippen molar-refractivity contribution in [3.05, 3.63) is 34.9 Å². The lowest BCUT2D eigenvalue weighted by Crippen LogP contribution is -2.23. The molecular formula is C11H12ClNO3. The first kappa shape index (κ1) is 11.4. The van der Waals surface area contributed by atoms with Gasteiger partial charge in [0.2, 0.25) is 0 Å². The number of aliphatic hydroxyl groups is 2. The highest BCUT2D eigenvalue weighted by molar-refractivity contribution is 6.30. The average molecular weight is 242 g/mol. The Morgan fingerprint density at radius 3 is 2.75 bits per heavy atom. The van der Waals surface area contributed by atoms with Crippen molar-refractivity contribution in [2.45, 2.75) is 18.6 Å². The van der Waals surface area contributed by atoms with Gasteiger partial charge < -0.3 is 15.1 Å². The molecule has 1 heterocycles. The molecule has 5 heteroatoms. The van der Waals surface area contributed by atoms with Crippen molar-refractivity contribution in [2.75, 3.05) is 6.61 Å². The molecule has 1 aliphatic heterocycles. The van der Waals surface area contributed by atoms with Crippen LogP contribution < -0.4 is 0 Å². The van der Waals surface area contributed by atoms with E-state index >= 15 is 0 Å². The van der Waals surface area contributed by atoms with Crippen LogP contribution in [-0.2, 0) is 4.84 Å². The molecule has 86 valence electrons. The normalized spacial score (nSPS) is 21.4. The number of oxime groups is 1. The molecular weight excluding hydrogens is 230 g/mol. The summed E-state index contributed by atoms with van der Waals surface area (Å²) < 4.78 is 0. The topological polar surface area (TPSA) is 62.0 Å². The van der Waals surface area contributed by atoms with Crippen molar-refractivity contribution in [1.82, 2.24) is 0 Å². The largest absolute Gasteiger partial charge is 0.393 e. The molecule has 2 rings (SSSR count). The Balaban J connectivity index is 2.03. The third kappa shape index (κ3) is 2.35. The smallest absolute Gasteiger partial charge is 0.158 e. The number of benzene rings is 1. The summed E-state index contributed by atoms with van der Waals surface area (Å²) in [6.45, 7) is -0.338. The molecule has 0 saturated carbocycles. The lowest BCUT2D eigenvalue weighted by atomic mass is 10.0. The molecule has 2 N–H and O–H groups in total. The van der Waals surface area contributed by atoms with Crippen LogP contribution in [0.4, 0.5) is 0 Å². The van der Waals surface area contributed by atoms with Crippen molar-refractivity contribution in [1.29, 1.82) is 0 Å². The standard InChI is InChI=1S/C11H12ClNO3/c12-8-3-1-7(2-4-8)11-5-9(13-16-11)10(15)6-14/h1-4,10-11,14-15H,5-6H2/t10-,11+/m1/s1. The quantitative estimate of drug-likeness (QED) is 0.843. The number of rotatable bonds is 3. The summed E-state index contributed by atoms with van der Waals surface area (Å²) >= 11 is 5.78. The van der Waals surface area contributed by atoms with Crippen molar-refractivity contribution < 1.29 is 15.1 Å². The Kier molecular flexibility index (Phi) is 3.43. The maximum absolute atomic E-state index is 9.38. The molecule has 0 aromatic heterocycles. The summed E-state index contributed by atoms with van der Waals surface area (Å²) in [7, 11) is 0. The van der Waals surface area contributed by atoms with Crippen molar-refractivity contribution >= 4 is 17.3 Å². The molecule has 2 atom stereocenters. The lowest BCUT2D eigenvalue weighted by Gasteiger charge is -2.08. The minimum absolute atomic E-state index is 0.200. The Labute approximate surface area is 98.1 Å². The van der Waals surface area contributed by atoms with Crippen LogP contribution in [0.1, 0.15) is 18.1 Å². The van der Waals surface area contributed by atoms with Crippen LogP contribution in [0.3, 0.4) is 0 Å². The summed E-state index contributed by atoms with van der Waals surface area (Å²) in [4.78, 5) is 5.19. The van der Waals surface area contributed by atoms with Crippen LogP contribution in [-0.4, -0.2) is 28.6 Å². The first-order chi connectivity index (χ1) is 7.70. The average Bonchev–Trinajstić information content (AvgIpc) is 2.78. The number of hydrogen-bond donors (Lipinski definition) is 2. The van der Waals surface area contributed by atoms with Crippen LogP contribution in [0.5, 0.6) is 0 Å². The summed E-state index contributed by atoms with van der Waals surface area (Å²) in [5, 5.41) is 22.6. The van der Waals surface area contributed by atoms with E-state index in [9.17, 15) is 5.11 Å². The predicted molar refractivity (Wildman–Crippen MR) is 60.4 cm³/mol. The van der Waals surface area contributed by atoms with E-state index in [0.29, 0.717) is 17.2 Å². The predicted octanol–water partition coefficient (Wildman–Crippen LogP) is 1.51. The molecule has 1 aliphatic rings. The summed E-state index contributed by atoms with van der Waals surface area (Å²) in [6.07, 6.45) is -0.644. The molecule has 1 aromatic rings. The van der Waals surface area contributed by atoms with Crippen LogP contribution in [0, 0.1) is 0 Å². The van der Waals surface area contributed by atoms with Gasteiger partial charge in [-0.2, -0.15) is 0 Å². The molecule has 0 aliphatic carbocycles. The van der Waals surface area contributed by atoms with E-state index in [1.54, 1.807) is 12.1 Å². The highest BCUT2D eigenvalue weighted by Gasteiger charge is 2.26. The van der Waals surface area contributed by atoms with Crippen molar-refractivity contribution in [2.24, 2.45) is 5.16 Å². The fraction of sp³-hybridized carbons (Fsp3) is 0.364. The molecule has 0 amide bonds. The van der Waals surface area contributed by atoms with Crippen molar-refractivity contribution in [3.8, 4) is 0 Å². The Morgan fingerprint density at radius 2 is 2.12 bits per heavy atom. The van der Waals surface area contributed by atoms with E-state index in [4.69, 9.17) is 21.5 Å². The van der Waals surface area contributed by atoms with Gasteiger partial charge in [0, 0.05) is 11.4 Å². The summed E-state index contributed by atoms with van der Waals surface area (Å²) in [5.41, 5.74) is 1.43. The zero-order chi connectivity index (χ0) is 11.5.